The quantitative estimate of drug-likeness (QED) is 0.664. The smallest absolute Gasteiger partial charge is 0.142 e. The van der Waals surface area contributed by atoms with Crippen LogP contribution in [0, 0.1) is 18.2 Å². The summed E-state index contributed by atoms with van der Waals surface area (Å²) >= 11 is 0. The van der Waals surface area contributed by atoms with Gasteiger partial charge in [0.1, 0.15) is 28.9 Å². The maximum absolute atomic E-state index is 13.3. The van der Waals surface area contributed by atoms with E-state index in [1.807, 2.05) is 6.92 Å². The number of hydrogen-bond acceptors (Lipinski definition) is 3. The third kappa shape index (κ3) is 2.88. The Kier molecular flexibility index (Phi) is 3.89. The van der Waals surface area contributed by atoms with E-state index in [9.17, 15) is 4.39 Å². The molecule has 0 saturated heterocycles. The van der Waals surface area contributed by atoms with Crippen LogP contribution < -0.4 is 15.2 Å². The molecule has 3 N–H and O–H groups in total. The molecule has 4 nitrogen and oxygen atoms in total. The number of nitrogen functional groups attached to an aromatic ring is 1. The van der Waals surface area contributed by atoms with E-state index in [4.69, 9.17) is 20.6 Å². The van der Waals surface area contributed by atoms with Crippen molar-refractivity contribution in [2.75, 3.05) is 7.11 Å². The Morgan fingerprint density at radius 2 is 1.90 bits per heavy atom. The van der Waals surface area contributed by atoms with Gasteiger partial charge in [-0.25, -0.2) is 4.39 Å². The Bertz CT molecular complexity index is 656. The lowest BCUT2D eigenvalue weighted by Crippen LogP contribution is -2.12. The minimum atomic E-state index is -0.391. The fraction of sp³-hybridized carbons (Fsp3) is 0.133. The van der Waals surface area contributed by atoms with E-state index in [-0.39, 0.29) is 5.84 Å². The lowest BCUT2D eigenvalue weighted by molar-refractivity contribution is 0.408. The molecule has 0 bridgehead atoms. The van der Waals surface area contributed by atoms with Gasteiger partial charge in [-0.3, -0.25) is 5.41 Å². The second-order valence-corrected chi connectivity index (χ2v) is 4.29. The van der Waals surface area contributed by atoms with Crippen LogP contribution in [0.2, 0.25) is 0 Å². The third-order valence-electron chi connectivity index (χ3n) is 2.85. The van der Waals surface area contributed by atoms with Gasteiger partial charge in [-0.15, -0.1) is 0 Å². The van der Waals surface area contributed by atoms with E-state index in [2.05, 4.69) is 0 Å². The first kappa shape index (κ1) is 13.9. The molecule has 0 aromatic heterocycles. The van der Waals surface area contributed by atoms with E-state index in [0.717, 1.165) is 5.56 Å². The molecule has 2 aromatic rings. The first-order chi connectivity index (χ1) is 9.51. The van der Waals surface area contributed by atoms with Crippen molar-refractivity contribution in [1.82, 2.24) is 0 Å². The van der Waals surface area contributed by atoms with Crippen molar-refractivity contribution in [3.8, 4) is 17.2 Å². The van der Waals surface area contributed by atoms with Crippen molar-refractivity contribution in [1.29, 1.82) is 5.41 Å². The van der Waals surface area contributed by atoms with E-state index in [1.165, 1.54) is 19.2 Å². The number of halogens is 1. The predicted octanol–water partition coefficient (Wildman–Crippen LogP) is 3.22. The van der Waals surface area contributed by atoms with Crippen LogP contribution in [0.1, 0.15) is 11.1 Å². The molecule has 0 atom stereocenters. The van der Waals surface area contributed by atoms with E-state index >= 15 is 0 Å². The van der Waals surface area contributed by atoms with Gasteiger partial charge in [-0.2, -0.15) is 0 Å². The van der Waals surface area contributed by atoms with Gasteiger partial charge in [-0.1, -0.05) is 6.07 Å². The highest BCUT2D eigenvalue weighted by Crippen LogP contribution is 2.31. The lowest BCUT2D eigenvalue weighted by Gasteiger charge is -2.13. The van der Waals surface area contributed by atoms with Crippen molar-refractivity contribution < 1.29 is 13.9 Å². The van der Waals surface area contributed by atoms with Crippen LogP contribution in [-0.2, 0) is 0 Å². The van der Waals surface area contributed by atoms with Crippen LogP contribution in [0.15, 0.2) is 36.4 Å². The zero-order valence-corrected chi connectivity index (χ0v) is 11.2. The van der Waals surface area contributed by atoms with Gasteiger partial charge in [0.15, 0.2) is 0 Å². The van der Waals surface area contributed by atoms with Crippen LogP contribution >= 0.6 is 0 Å². The highest BCUT2D eigenvalue weighted by atomic mass is 19.1. The van der Waals surface area contributed by atoms with Gasteiger partial charge >= 0.3 is 0 Å². The number of amidine groups is 1. The van der Waals surface area contributed by atoms with Crippen LogP contribution in [0.25, 0.3) is 0 Å². The molecule has 0 aliphatic heterocycles. The number of rotatable bonds is 4. The molecule has 0 radical (unpaired) electrons. The Morgan fingerprint density at radius 1 is 1.15 bits per heavy atom. The lowest BCUT2D eigenvalue weighted by atomic mass is 10.1. The van der Waals surface area contributed by atoms with Gasteiger partial charge in [0.25, 0.3) is 0 Å². The summed E-state index contributed by atoms with van der Waals surface area (Å²) in [5.41, 5.74) is 6.72. The summed E-state index contributed by atoms with van der Waals surface area (Å²) < 4.78 is 24.1. The Labute approximate surface area is 116 Å². The summed E-state index contributed by atoms with van der Waals surface area (Å²) in [5.74, 6) is 0.778. The van der Waals surface area contributed by atoms with Gasteiger partial charge in [0, 0.05) is 12.1 Å². The number of methoxy groups -OCH3 is 1. The molecule has 5 heteroatoms. The molecule has 2 rings (SSSR count). The molecule has 0 aliphatic rings. The highest BCUT2D eigenvalue weighted by molar-refractivity contribution is 5.97. The maximum atomic E-state index is 13.3. The first-order valence-corrected chi connectivity index (χ1v) is 5.97. The maximum Gasteiger partial charge on any atom is 0.142 e. The number of aryl methyl sites for hydroxylation is 1. The fourth-order valence-corrected chi connectivity index (χ4v) is 1.74. The minimum absolute atomic E-state index is 0.128. The molecular weight excluding hydrogens is 259 g/mol. The van der Waals surface area contributed by atoms with Crippen LogP contribution in [0.4, 0.5) is 4.39 Å². The zero-order chi connectivity index (χ0) is 14.7. The first-order valence-electron chi connectivity index (χ1n) is 5.97. The van der Waals surface area contributed by atoms with Crippen molar-refractivity contribution >= 4 is 5.84 Å². The average Bonchev–Trinajstić information content (AvgIpc) is 2.42. The molecule has 20 heavy (non-hydrogen) atoms. The normalized spacial score (nSPS) is 10.2. The topological polar surface area (TPSA) is 68.3 Å². The Morgan fingerprint density at radius 3 is 2.55 bits per heavy atom. The fourth-order valence-electron chi connectivity index (χ4n) is 1.74. The van der Waals surface area contributed by atoms with Gasteiger partial charge in [0.2, 0.25) is 0 Å². The summed E-state index contributed by atoms with van der Waals surface area (Å²) in [6, 6.07) is 9.20. The summed E-state index contributed by atoms with van der Waals surface area (Å²) in [6.45, 7) is 1.81. The second kappa shape index (κ2) is 5.61. The van der Waals surface area contributed by atoms with Crippen LogP contribution in [0.3, 0.4) is 0 Å². The zero-order valence-electron chi connectivity index (χ0n) is 11.2. The molecule has 0 amide bonds. The predicted molar refractivity (Wildman–Crippen MR) is 75.2 cm³/mol. The number of hydrogen-bond donors (Lipinski definition) is 2. The Balaban J connectivity index is 2.45. The monoisotopic (exact) mass is 274 g/mol. The molecule has 104 valence electrons. The van der Waals surface area contributed by atoms with Gasteiger partial charge < -0.3 is 15.2 Å². The molecule has 2 aromatic carbocycles. The van der Waals surface area contributed by atoms with Crippen molar-refractivity contribution in [3.05, 3.63) is 53.3 Å². The summed E-state index contributed by atoms with van der Waals surface area (Å²) in [7, 11) is 1.53. The van der Waals surface area contributed by atoms with Crippen molar-refractivity contribution in [2.24, 2.45) is 5.73 Å². The molecule has 0 heterocycles. The number of nitrogens with two attached hydrogens (primary N) is 1. The van der Waals surface area contributed by atoms with Gasteiger partial charge in [0.05, 0.1) is 12.7 Å². The molecule has 0 aliphatic carbocycles. The molecular formula is C15H15FN2O2. The number of benzene rings is 2. The van der Waals surface area contributed by atoms with E-state index in [1.54, 1.807) is 24.3 Å². The third-order valence-corrected chi connectivity index (χ3v) is 2.85. The molecule has 0 fully saturated rings. The van der Waals surface area contributed by atoms with Crippen LogP contribution in [0.5, 0.6) is 17.2 Å². The largest absolute Gasteiger partial charge is 0.497 e. The average molecular weight is 274 g/mol. The summed E-state index contributed by atoms with van der Waals surface area (Å²) in [5, 5.41) is 7.55. The Hall–Kier alpha value is -2.56. The molecule has 0 unspecified atom stereocenters. The highest BCUT2D eigenvalue weighted by Gasteiger charge is 2.11. The van der Waals surface area contributed by atoms with E-state index in [0.29, 0.717) is 22.8 Å². The summed E-state index contributed by atoms with van der Waals surface area (Å²) in [4.78, 5) is 0. The van der Waals surface area contributed by atoms with Crippen LogP contribution in [-0.4, -0.2) is 12.9 Å². The van der Waals surface area contributed by atoms with Crippen molar-refractivity contribution in [2.45, 2.75) is 6.92 Å². The molecule has 0 saturated carbocycles. The summed E-state index contributed by atoms with van der Waals surface area (Å²) in [6.07, 6.45) is 0. The second-order valence-electron chi connectivity index (χ2n) is 4.29. The number of nitrogens with one attached hydrogen (secondary N) is 1. The molecule has 0 spiro atoms. The van der Waals surface area contributed by atoms with Crippen molar-refractivity contribution in [3.63, 3.8) is 0 Å². The minimum Gasteiger partial charge on any atom is -0.497 e. The standard InChI is InChI=1S/C15H15FN2O2/c1-9-3-4-10(16)7-13(9)20-14-8-11(19-2)5-6-12(14)15(17)18/h3-8H,1-2H3,(H3,17,18). The van der Waals surface area contributed by atoms with E-state index < -0.39 is 5.82 Å². The van der Waals surface area contributed by atoms with Gasteiger partial charge in [-0.05, 0) is 30.7 Å². The SMILES string of the molecule is COc1ccc(C(=N)N)c(Oc2cc(F)ccc2C)c1. The number of ether oxygens (including phenoxy) is 2.